The molecule has 3 aromatic rings. The fourth-order valence-corrected chi connectivity index (χ4v) is 2.83. The first kappa shape index (κ1) is 18.7. The maximum atomic E-state index is 12.6. The van der Waals surface area contributed by atoms with Crippen molar-refractivity contribution in [1.82, 2.24) is 5.32 Å². The van der Waals surface area contributed by atoms with Gasteiger partial charge in [-0.1, -0.05) is 65.7 Å². The van der Waals surface area contributed by atoms with Crippen LogP contribution in [0.2, 0.25) is 5.02 Å². The van der Waals surface area contributed by atoms with Crippen molar-refractivity contribution in [3.63, 3.8) is 0 Å². The van der Waals surface area contributed by atoms with Gasteiger partial charge in [-0.25, -0.2) is 0 Å². The van der Waals surface area contributed by atoms with Crippen LogP contribution < -0.4 is 10.6 Å². The molecule has 0 radical (unpaired) electrons. The lowest BCUT2D eigenvalue weighted by Crippen LogP contribution is -2.25. The average molecular weight is 379 g/mol. The van der Waals surface area contributed by atoms with E-state index in [9.17, 15) is 9.59 Å². The van der Waals surface area contributed by atoms with Crippen LogP contribution in [0.4, 0.5) is 5.69 Å². The van der Waals surface area contributed by atoms with Gasteiger partial charge < -0.3 is 10.6 Å². The van der Waals surface area contributed by atoms with Crippen molar-refractivity contribution >= 4 is 29.1 Å². The molecule has 4 nitrogen and oxygen atoms in total. The molecular weight excluding hydrogens is 360 g/mol. The molecule has 0 aliphatic rings. The SMILES string of the molecule is Cc1ccc(CNC(=O)c2ccccc2NC(=O)c2ccccc2Cl)cc1. The number of hydrogen-bond donors (Lipinski definition) is 2. The molecule has 0 saturated carbocycles. The molecule has 0 aliphatic carbocycles. The Kier molecular flexibility index (Phi) is 5.89. The summed E-state index contributed by atoms with van der Waals surface area (Å²) in [6, 6.07) is 21.6. The van der Waals surface area contributed by atoms with Crippen molar-refractivity contribution < 1.29 is 9.59 Å². The summed E-state index contributed by atoms with van der Waals surface area (Å²) in [4.78, 5) is 25.1. The van der Waals surface area contributed by atoms with Crippen LogP contribution >= 0.6 is 11.6 Å². The lowest BCUT2D eigenvalue weighted by atomic mass is 10.1. The molecular formula is C22H19ClN2O2. The summed E-state index contributed by atoms with van der Waals surface area (Å²) in [7, 11) is 0. The Balaban J connectivity index is 1.73. The van der Waals surface area contributed by atoms with Crippen LogP contribution in [0.15, 0.2) is 72.8 Å². The van der Waals surface area contributed by atoms with Crippen LogP contribution in [0.1, 0.15) is 31.8 Å². The van der Waals surface area contributed by atoms with Gasteiger partial charge in [0.05, 0.1) is 21.8 Å². The van der Waals surface area contributed by atoms with Gasteiger partial charge in [0.1, 0.15) is 0 Å². The number of para-hydroxylation sites is 1. The maximum absolute atomic E-state index is 12.6. The number of rotatable bonds is 5. The van der Waals surface area contributed by atoms with Gasteiger partial charge in [0.15, 0.2) is 0 Å². The zero-order valence-electron chi connectivity index (χ0n) is 14.8. The van der Waals surface area contributed by atoms with Crippen LogP contribution in [0.5, 0.6) is 0 Å². The Bertz CT molecular complexity index is 968. The summed E-state index contributed by atoms with van der Waals surface area (Å²) in [5.41, 5.74) is 3.35. The van der Waals surface area contributed by atoms with Gasteiger partial charge in [-0.05, 0) is 36.8 Å². The molecule has 0 spiro atoms. The van der Waals surface area contributed by atoms with Crippen LogP contribution in [0.3, 0.4) is 0 Å². The molecule has 0 atom stereocenters. The molecule has 2 amide bonds. The quantitative estimate of drug-likeness (QED) is 0.668. The monoisotopic (exact) mass is 378 g/mol. The molecule has 0 aromatic heterocycles. The summed E-state index contributed by atoms with van der Waals surface area (Å²) in [5.74, 6) is -0.620. The number of benzene rings is 3. The van der Waals surface area contributed by atoms with Crippen molar-refractivity contribution in [2.45, 2.75) is 13.5 Å². The lowest BCUT2D eigenvalue weighted by Gasteiger charge is -2.12. The minimum Gasteiger partial charge on any atom is -0.348 e. The first-order chi connectivity index (χ1) is 13.0. The first-order valence-corrected chi connectivity index (χ1v) is 8.91. The topological polar surface area (TPSA) is 58.2 Å². The summed E-state index contributed by atoms with van der Waals surface area (Å²) in [5, 5.41) is 6.01. The summed E-state index contributed by atoms with van der Waals surface area (Å²) < 4.78 is 0. The van der Waals surface area contributed by atoms with E-state index in [1.807, 2.05) is 31.2 Å². The van der Waals surface area contributed by atoms with E-state index in [-0.39, 0.29) is 11.8 Å². The molecule has 27 heavy (non-hydrogen) atoms. The van der Waals surface area contributed by atoms with Crippen molar-refractivity contribution in [3.8, 4) is 0 Å². The molecule has 136 valence electrons. The Labute approximate surface area is 163 Å². The van der Waals surface area contributed by atoms with Gasteiger partial charge >= 0.3 is 0 Å². The molecule has 3 rings (SSSR count). The van der Waals surface area contributed by atoms with Crippen LogP contribution in [0.25, 0.3) is 0 Å². The van der Waals surface area contributed by atoms with Crippen LogP contribution in [-0.4, -0.2) is 11.8 Å². The third-order valence-corrected chi connectivity index (χ3v) is 4.44. The number of amides is 2. The van der Waals surface area contributed by atoms with E-state index in [4.69, 9.17) is 11.6 Å². The predicted molar refractivity (Wildman–Crippen MR) is 108 cm³/mol. The largest absolute Gasteiger partial charge is 0.348 e. The molecule has 0 aliphatic heterocycles. The molecule has 2 N–H and O–H groups in total. The fourth-order valence-electron chi connectivity index (χ4n) is 2.61. The van der Waals surface area contributed by atoms with E-state index in [2.05, 4.69) is 10.6 Å². The predicted octanol–water partition coefficient (Wildman–Crippen LogP) is 4.83. The minimum absolute atomic E-state index is 0.259. The number of aryl methyl sites for hydroxylation is 1. The fraction of sp³-hybridized carbons (Fsp3) is 0.0909. The Morgan fingerprint density at radius 1 is 0.815 bits per heavy atom. The number of carbonyl (C=O) groups excluding carboxylic acids is 2. The van der Waals surface area contributed by atoms with Crippen LogP contribution in [0, 0.1) is 6.92 Å². The molecule has 5 heteroatoms. The van der Waals surface area contributed by atoms with Crippen molar-refractivity contribution in [1.29, 1.82) is 0 Å². The summed E-state index contributed by atoms with van der Waals surface area (Å²) >= 11 is 6.08. The second-order valence-corrected chi connectivity index (χ2v) is 6.56. The highest BCUT2D eigenvalue weighted by Gasteiger charge is 2.15. The smallest absolute Gasteiger partial charge is 0.257 e. The molecule has 0 unspecified atom stereocenters. The number of anilines is 1. The summed E-state index contributed by atoms with van der Waals surface area (Å²) in [6.07, 6.45) is 0. The van der Waals surface area contributed by atoms with E-state index in [1.165, 1.54) is 0 Å². The zero-order valence-corrected chi connectivity index (χ0v) is 15.6. The molecule has 0 fully saturated rings. The first-order valence-electron chi connectivity index (χ1n) is 8.53. The third-order valence-electron chi connectivity index (χ3n) is 4.11. The van der Waals surface area contributed by atoms with Gasteiger partial charge in [0, 0.05) is 6.54 Å². The summed E-state index contributed by atoms with van der Waals surface area (Å²) in [6.45, 7) is 2.42. The van der Waals surface area contributed by atoms with Gasteiger partial charge in [-0.15, -0.1) is 0 Å². The van der Waals surface area contributed by atoms with E-state index in [0.717, 1.165) is 11.1 Å². The van der Waals surface area contributed by atoms with E-state index in [1.54, 1.807) is 48.5 Å². The highest BCUT2D eigenvalue weighted by molar-refractivity contribution is 6.34. The highest BCUT2D eigenvalue weighted by Crippen LogP contribution is 2.20. The lowest BCUT2D eigenvalue weighted by molar-refractivity contribution is 0.0952. The van der Waals surface area contributed by atoms with Crippen LogP contribution in [-0.2, 0) is 6.54 Å². The second-order valence-electron chi connectivity index (χ2n) is 6.15. The maximum Gasteiger partial charge on any atom is 0.257 e. The molecule has 0 saturated heterocycles. The van der Waals surface area contributed by atoms with Gasteiger partial charge in [0.25, 0.3) is 11.8 Å². The molecule has 0 heterocycles. The number of halogens is 1. The van der Waals surface area contributed by atoms with Gasteiger partial charge in [0.2, 0.25) is 0 Å². The Hall–Kier alpha value is -3.11. The van der Waals surface area contributed by atoms with Gasteiger partial charge in [-0.3, -0.25) is 9.59 Å². The molecule has 3 aromatic carbocycles. The normalized spacial score (nSPS) is 10.3. The van der Waals surface area contributed by atoms with Crippen molar-refractivity contribution in [2.75, 3.05) is 5.32 Å². The molecule has 0 bridgehead atoms. The Morgan fingerprint density at radius 2 is 1.44 bits per heavy atom. The van der Waals surface area contributed by atoms with Crippen molar-refractivity contribution in [3.05, 3.63) is 100 Å². The average Bonchev–Trinajstić information content (AvgIpc) is 2.68. The van der Waals surface area contributed by atoms with E-state index < -0.39 is 0 Å². The Morgan fingerprint density at radius 3 is 2.15 bits per heavy atom. The highest BCUT2D eigenvalue weighted by atomic mass is 35.5. The van der Waals surface area contributed by atoms with Gasteiger partial charge in [-0.2, -0.15) is 0 Å². The standard InChI is InChI=1S/C22H19ClN2O2/c1-15-10-12-16(13-11-15)14-24-21(26)18-7-3-5-9-20(18)25-22(27)17-6-2-4-8-19(17)23/h2-13H,14H2,1H3,(H,24,26)(H,25,27). The second kappa shape index (κ2) is 8.52. The van der Waals surface area contributed by atoms with E-state index in [0.29, 0.717) is 28.4 Å². The number of nitrogens with one attached hydrogen (secondary N) is 2. The third kappa shape index (κ3) is 4.74. The van der Waals surface area contributed by atoms with Crippen molar-refractivity contribution in [2.24, 2.45) is 0 Å². The number of hydrogen-bond acceptors (Lipinski definition) is 2. The minimum atomic E-state index is -0.362. The zero-order chi connectivity index (χ0) is 19.2. The van der Waals surface area contributed by atoms with E-state index >= 15 is 0 Å². The number of carbonyl (C=O) groups is 2.